The summed E-state index contributed by atoms with van der Waals surface area (Å²) in [5, 5.41) is 30.8. The van der Waals surface area contributed by atoms with E-state index >= 15 is 0 Å². The highest BCUT2D eigenvalue weighted by Gasteiger charge is 2.46. The molecule has 1 aliphatic rings. The summed E-state index contributed by atoms with van der Waals surface area (Å²) in [5.41, 5.74) is 0. The molecule has 0 aromatic carbocycles. The molecule has 1 heterocycles. The van der Waals surface area contributed by atoms with Crippen LogP contribution >= 0.6 is 0 Å². The maximum Gasteiger partial charge on any atom is 0.306 e. The Kier molecular flexibility index (Phi) is 30.2. The molecule has 0 aromatic heterocycles. The van der Waals surface area contributed by atoms with Crippen molar-refractivity contribution in [2.24, 2.45) is 0 Å². The van der Waals surface area contributed by atoms with Gasteiger partial charge in [0, 0.05) is 12.8 Å². The van der Waals surface area contributed by atoms with Crippen molar-refractivity contribution in [2.45, 2.75) is 166 Å². The lowest BCUT2D eigenvalue weighted by molar-refractivity contribution is -0.297. The molecule has 1 fully saturated rings. The molecule has 0 saturated carbocycles. The number of esters is 2. The molecule has 1 aliphatic heterocycles. The summed E-state index contributed by atoms with van der Waals surface area (Å²) >= 11 is 0. The number of rotatable bonds is 32. The number of unbranched alkanes of at least 4 members (excludes halogenated alkanes) is 12. The van der Waals surface area contributed by atoms with E-state index in [-0.39, 0.29) is 19.4 Å². The highest BCUT2D eigenvalue weighted by atomic mass is 32.2. The molecular weight excluding hydrogens is 741 g/mol. The molecule has 12 nitrogen and oxygen atoms in total. The van der Waals surface area contributed by atoms with E-state index in [1.54, 1.807) is 0 Å². The Morgan fingerprint density at radius 1 is 0.607 bits per heavy atom. The SMILES string of the molecule is CC/C=C/C=C/C=C/CCCCCCCCCC(=O)OCC(CO[C@H]1O[C@H](CS(=O)(=O)O)[C@@H](O)C(O)C1O)OC(=O)CCCCCCC/C=C/C=C/C=C/CC. The van der Waals surface area contributed by atoms with Gasteiger partial charge in [-0.2, -0.15) is 8.42 Å². The summed E-state index contributed by atoms with van der Waals surface area (Å²) < 4.78 is 53.9. The van der Waals surface area contributed by atoms with Crippen molar-refractivity contribution in [2.75, 3.05) is 19.0 Å². The normalized spacial score (nSPS) is 21.4. The van der Waals surface area contributed by atoms with Gasteiger partial charge in [-0.25, -0.2) is 0 Å². The van der Waals surface area contributed by atoms with Crippen LogP contribution in [0.15, 0.2) is 72.9 Å². The van der Waals surface area contributed by atoms with Crippen LogP contribution in [-0.2, 0) is 38.7 Å². The van der Waals surface area contributed by atoms with E-state index < -0.39 is 71.2 Å². The number of hydrogen-bond acceptors (Lipinski definition) is 11. The third kappa shape index (κ3) is 27.6. The number of hydrogen-bond donors (Lipinski definition) is 4. The van der Waals surface area contributed by atoms with Crippen LogP contribution in [-0.4, -0.2) is 96.0 Å². The predicted molar refractivity (Wildman–Crippen MR) is 219 cm³/mol. The van der Waals surface area contributed by atoms with E-state index in [4.69, 9.17) is 18.9 Å². The highest BCUT2D eigenvalue weighted by molar-refractivity contribution is 7.85. The predicted octanol–water partition coefficient (Wildman–Crippen LogP) is 7.55. The molecule has 1 rings (SSSR count). The minimum atomic E-state index is -4.61. The van der Waals surface area contributed by atoms with Crippen LogP contribution in [0.4, 0.5) is 0 Å². The number of allylic oxidation sites excluding steroid dienone is 12. The zero-order valence-corrected chi connectivity index (χ0v) is 34.5. The van der Waals surface area contributed by atoms with Crippen molar-refractivity contribution in [3.05, 3.63) is 72.9 Å². The van der Waals surface area contributed by atoms with Crippen molar-refractivity contribution in [1.82, 2.24) is 0 Å². The monoisotopic (exact) mass is 810 g/mol. The van der Waals surface area contributed by atoms with Crippen LogP contribution in [0, 0.1) is 0 Å². The Morgan fingerprint density at radius 2 is 1.07 bits per heavy atom. The molecule has 4 N–H and O–H groups in total. The van der Waals surface area contributed by atoms with Crippen LogP contribution in [0.3, 0.4) is 0 Å². The number of ether oxygens (including phenoxy) is 4. The van der Waals surface area contributed by atoms with Gasteiger partial charge < -0.3 is 34.3 Å². The van der Waals surface area contributed by atoms with Gasteiger partial charge in [0.2, 0.25) is 0 Å². The van der Waals surface area contributed by atoms with Crippen LogP contribution in [0.5, 0.6) is 0 Å². The van der Waals surface area contributed by atoms with Crippen LogP contribution in [0.1, 0.15) is 129 Å². The topological polar surface area (TPSA) is 186 Å². The third-order valence-corrected chi connectivity index (χ3v) is 9.65. The first-order valence-electron chi connectivity index (χ1n) is 20.6. The van der Waals surface area contributed by atoms with Gasteiger partial charge in [0.25, 0.3) is 10.1 Å². The van der Waals surface area contributed by atoms with Crippen molar-refractivity contribution in [3.63, 3.8) is 0 Å². The summed E-state index contributed by atoms with van der Waals surface area (Å²) in [6.07, 6.45) is 31.0. The molecule has 0 amide bonds. The molecule has 13 heteroatoms. The molecule has 1 saturated heterocycles. The fourth-order valence-corrected chi connectivity index (χ4v) is 6.42. The maximum atomic E-state index is 12.8. The average Bonchev–Trinajstić information content (AvgIpc) is 3.16. The van der Waals surface area contributed by atoms with E-state index in [9.17, 15) is 37.9 Å². The Labute approximate surface area is 336 Å². The molecule has 0 aromatic rings. The van der Waals surface area contributed by atoms with Gasteiger partial charge in [0.05, 0.1) is 6.61 Å². The third-order valence-electron chi connectivity index (χ3n) is 8.90. The van der Waals surface area contributed by atoms with Crippen molar-refractivity contribution in [1.29, 1.82) is 0 Å². The second-order valence-electron chi connectivity index (χ2n) is 14.0. The minimum absolute atomic E-state index is 0.134. The first-order chi connectivity index (χ1) is 27.0. The van der Waals surface area contributed by atoms with Gasteiger partial charge in [-0.1, -0.05) is 138 Å². The first-order valence-corrected chi connectivity index (χ1v) is 22.2. The first kappa shape index (κ1) is 51.1. The maximum absolute atomic E-state index is 12.8. The van der Waals surface area contributed by atoms with E-state index in [2.05, 4.69) is 44.2 Å². The molecule has 0 spiro atoms. The fourth-order valence-electron chi connectivity index (χ4n) is 5.73. The quantitative estimate of drug-likeness (QED) is 0.0227. The molecular formula is C43H70O12S. The van der Waals surface area contributed by atoms with E-state index in [0.29, 0.717) is 12.8 Å². The molecule has 3 unspecified atom stereocenters. The van der Waals surface area contributed by atoms with Gasteiger partial charge in [-0.05, 0) is 51.4 Å². The number of aliphatic hydroxyl groups excluding tert-OH is 3. The van der Waals surface area contributed by atoms with Crippen LogP contribution in [0.2, 0.25) is 0 Å². The minimum Gasteiger partial charge on any atom is -0.462 e. The average molecular weight is 811 g/mol. The van der Waals surface area contributed by atoms with Crippen molar-refractivity contribution in [3.8, 4) is 0 Å². The lowest BCUT2D eigenvalue weighted by atomic mass is 10.00. The van der Waals surface area contributed by atoms with Gasteiger partial charge in [-0.15, -0.1) is 0 Å². The van der Waals surface area contributed by atoms with Crippen LogP contribution in [0.25, 0.3) is 0 Å². The van der Waals surface area contributed by atoms with Gasteiger partial charge in [0.15, 0.2) is 12.4 Å². The van der Waals surface area contributed by atoms with E-state index in [1.807, 2.05) is 42.5 Å². The summed E-state index contributed by atoms with van der Waals surface area (Å²) in [4.78, 5) is 25.3. The smallest absolute Gasteiger partial charge is 0.306 e. The number of carbonyl (C=O) groups excluding carboxylic acids is 2. The lowest BCUT2D eigenvalue weighted by Gasteiger charge is -2.40. The zero-order valence-electron chi connectivity index (χ0n) is 33.7. The summed E-state index contributed by atoms with van der Waals surface area (Å²) in [6.45, 7) is 3.44. The summed E-state index contributed by atoms with van der Waals surface area (Å²) in [7, 11) is -4.61. The number of aliphatic hydroxyl groups is 3. The number of carbonyl (C=O) groups is 2. The second-order valence-corrected chi connectivity index (χ2v) is 15.5. The molecule has 6 atom stereocenters. The standard InChI is InChI=1S/C43H70O12S/c1-3-5-7-9-11-13-15-17-18-20-21-23-25-27-29-31-38(44)52-33-36(34-53-43-42(48)41(47)40(46)37(55-43)35-56(49,50)51)54-39(45)32-30-28-26-24-22-19-16-14-12-10-8-6-4-2/h5-16,36-37,40-43,46-48H,3-4,17-35H2,1-2H3,(H,49,50,51)/b7-5+,8-6+,11-9+,12-10+,15-13+,16-14+/t36?,37-,40-,41?,42?,43+/m1/s1. The Balaban J connectivity index is 2.51. The molecule has 0 aliphatic carbocycles. The van der Waals surface area contributed by atoms with E-state index in [0.717, 1.165) is 89.9 Å². The fraction of sp³-hybridized carbons (Fsp3) is 0.674. The molecule has 0 radical (unpaired) electrons. The molecule has 320 valence electrons. The van der Waals surface area contributed by atoms with Gasteiger partial charge in [-0.3, -0.25) is 14.1 Å². The highest BCUT2D eigenvalue weighted by Crippen LogP contribution is 2.24. The van der Waals surface area contributed by atoms with E-state index in [1.165, 1.54) is 0 Å². The summed E-state index contributed by atoms with van der Waals surface area (Å²) in [6, 6.07) is 0. The Hall–Kier alpha value is -2.91. The second kappa shape index (κ2) is 33.1. The van der Waals surface area contributed by atoms with Gasteiger partial charge >= 0.3 is 11.9 Å². The zero-order chi connectivity index (χ0) is 41.3. The lowest BCUT2D eigenvalue weighted by Crippen LogP contribution is -2.60. The van der Waals surface area contributed by atoms with Crippen molar-refractivity contribution < 1.29 is 56.8 Å². The van der Waals surface area contributed by atoms with Crippen molar-refractivity contribution >= 4 is 22.1 Å². The summed E-state index contributed by atoms with van der Waals surface area (Å²) in [5.74, 6) is -2.04. The Bertz CT molecular complexity index is 1320. The molecule has 56 heavy (non-hydrogen) atoms. The van der Waals surface area contributed by atoms with Gasteiger partial charge in [0.1, 0.15) is 36.8 Å². The van der Waals surface area contributed by atoms with Crippen LogP contribution < -0.4 is 0 Å². The largest absolute Gasteiger partial charge is 0.462 e. The molecule has 0 bridgehead atoms. The Morgan fingerprint density at radius 3 is 1.57 bits per heavy atom.